The Morgan fingerprint density at radius 3 is 2.55 bits per heavy atom. The van der Waals surface area contributed by atoms with Crippen LogP contribution in [0.15, 0.2) is 77.1 Å². The first kappa shape index (κ1) is 19.7. The van der Waals surface area contributed by atoms with Crippen LogP contribution in [-0.2, 0) is 21.4 Å². The van der Waals surface area contributed by atoms with Gasteiger partial charge < -0.3 is 10.6 Å². The number of sulfonamides is 1. The van der Waals surface area contributed by atoms with Gasteiger partial charge in [0.1, 0.15) is 6.04 Å². The molecule has 3 aromatic carbocycles. The lowest BCUT2D eigenvalue weighted by molar-refractivity contribution is -0.116. The monoisotopic (exact) mass is 450 g/mol. The molecule has 1 aliphatic rings. The average molecular weight is 451 g/mol. The molecule has 1 aromatic heterocycles. The van der Waals surface area contributed by atoms with Gasteiger partial charge in [-0.25, -0.2) is 18.1 Å². The van der Waals surface area contributed by atoms with Crippen LogP contribution in [0.3, 0.4) is 0 Å². The van der Waals surface area contributed by atoms with Crippen LogP contribution >= 0.6 is 11.3 Å². The Labute approximate surface area is 183 Å². The smallest absolute Gasteiger partial charge is 0.251 e. The number of rotatable bonds is 6. The first-order valence-corrected chi connectivity index (χ1v) is 11.9. The van der Waals surface area contributed by atoms with Crippen molar-refractivity contribution in [3.63, 3.8) is 0 Å². The molecule has 156 valence electrons. The van der Waals surface area contributed by atoms with Crippen LogP contribution in [0.2, 0.25) is 0 Å². The van der Waals surface area contributed by atoms with Crippen molar-refractivity contribution in [1.82, 2.24) is 9.71 Å². The second-order valence-electron chi connectivity index (χ2n) is 7.13. The van der Waals surface area contributed by atoms with E-state index in [1.165, 1.54) is 23.5 Å². The molecule has 3 N–H and O–H groups in total. The Balaban J connectivity index is 1.34. The van der Waals surface area contributed by atoms with Crippen molar-refractivity contribution in [2.24, 2.45) is 0 Å². The molecule has 0 spiro atoms. The van der Waals surface area contributed by atoms with Crippen molar-refractivity contribution in [2.75, 3.05) is 10.6 Å². The van der Waals surface area contributed by atoms with Gasteiger partial charge in [-0.1, -0.05) is 30.3 Å². The lowest BCUT2D eigenvalue weighted by Gasteiger charge is -2.14. The van der Waals surface area contributed by atoms with Gasteiger partial charge in [-0.05, 0) is 42.0 Å². The SMILES string of the molecule is O=C1Nc2ccc3ncsc3c2C1Nc1ccc(S(=O)(=O)NCc2ccccc2)cc1. The summed E-state index contributed by atoms with van der Waals surface area (Å²) in [6, 6.07) is 18.9. The van der Waals surface area contributed by atoms with Gasteiger partial charge in [0.2, 0.25) is 10.0 Å². The van der Waals surface area contributed by atoms with E-state index in [0.717, 1.165) is 27.0 Å². The van der Waals surface area contributed by atoms with E-state index in [9.17, 15) is 13.2 Å². The zero-order chi connectivity index (χ0) is 21.4. The number of nitrogens with zero attached hydrogens (tertiary/aromatic N) is 1. The molecule has 0 saturated carbocycles. The van der Waals surface area contributed by atoms with E-state index in [4.69, 9.17) is 0 Å². The van der Waals surface area contributed by atoms with Crippen LogP contribution in [-0.4, -0.2) is 19.3 Å². The van der Waals surface area contributed by atoms with Gasteiger partial charge in [-0.15, -0.1) is 11.3 Å². The highest BCUT2D eigenvalue weighted by molar-refractivity contribution is 7.89. The van der Waals surface area contributed by atoms with Crippen molar-refractivity contribution < 1.29 is 13.2 Å². The van der Waals surface area contributed by atoms with Crippen LogP contribution in [0, 0.1) is 0 Å². The fraction of sp³-hybridized carbons (Fsp3) is 0.0909. The predicted molar refractivity (Wildman–Crippen MR) is 122 cm³/mol. The Kier molecular flexibility index (Phi) is 4.93. The number of benzene rings is 3. The van der Waals surface area contributed by atoms with Crippen LogP contribution in [0.4, 0.5) is 11.4 Å². The fourth-order valence-electron chi connectivity index (χ4n) is 3.57. The number of nitrogens with one attached hydrogen (secondary N) is 3. The van der Waals surface area contributed by atoms with E-state index >= 15 is 0 Å². The maximum atomic E-state index is 12.6. The summed E-state index contributed by atoms with van der Waals surface area (Å²) < 4.78 is 28.7. The number of hydrogen-bond acceptors (Lipinski definition) is 6. The predicted octanol–water partition coefficient (Wildman–Crippen LogP) is 3.88. The highest BCUT2D eigenvalue weighted by Gasteiger charge is 2.33. The van der Waals surface area contributed by atoms with Gasteiger partial charge >= 0.3 is 0 Å². The summed E-state index contributed by atoms with van der Waals surface area (Å²) in [5.41, 5.74) is 5.77. The largest absolute Gasteiger partial charge is 0.370 e. The number of carbonyl (C=O) groups is 1. The summed E-state index contributed by atoms with van der Waals surface area (Å²) in [6.07, 6.45) is 0. The number of carbonyl (C=O) groups excluding carboxylic acids is 1. The van der Waals surface area contributed by atoms with Crippen LogP contribution in [0.1, 0.15) is 17.2 Å². The summed E-state index contributed by atoms with van der Waals surface area (Å²) in [4.78, 5) is 17.0. The van der Waals surface area contributed by atoms with Gasteiger partial charge in [-0.3, -0.25) is 4.79 Å². The average Bonchev–Trinajstić information content (AvgIpc) is 3.38. The van der Waals surface area contributed by atoms with Crippen LogP contribution in [0.25, 0.3) is 10.2 Å². The molecule has 1 unspecified atom stereocenters. The van der Waals surface area contributed by atoms with E-state index in [0.29, 0.717) is 5.69 Å². The molecule has 1 aliphatic heterocycles. The lowest BCUT2D eigenvalue weighted by Crippen LogP contribution is -2.23. The highest BCUT2D eigenvalue weighted by atomic mass is 32.2. The quantitative estimate of drug-likeness (QED) is 0.414. The zero-order valence-electron chi connectivity index (χ0n) is 16.2. The Morgan fingerprint density at radius 2 is 1.77 bits per heavy atom. The molecular formula is C22H18N4O3S2. The summed E-state index contributed by atoms with van der Waals surface area (Å²) in [5.74, 6) is -0.155. The molecule has 5 rings (SSSR count). The van der Waals surface area contributed by atoms with Crippen molar-refractivity contribution in [2.45, 2.75) is 17.5 Å². The van der Waals surface area contributed by atoms with Gasteiger partial charge in [0.15, 0.2) is 0 Å². The molecule has 0 radical (unpaired) electrons. The number of hydrogen-bond donors (Lipinski definition) is 3. The minimum atomic E-state index is -3.65. The van der Waals surface area contributed by atoms with E-state index in [2.05, 4.69) is 20.3 Å². The summed E-state index contributed by atoms with van der Waals surface area (Å²) in [7, 11) is -3.65. The summed E-state index contributed by atoms with van der Waals surface area (Å²) in [6.45, 7) is 0.215. The lowest BCUT2D eigenvalue weighted by atomic mass is 10.1. The standard InChI is InChI=1S/C22H18N4O3S2/c27-22-20(19-17(26-22)10-11-18-21(19)30-13-23-18)25-15-6-8-16(9-7-15)31(28,29)24-12-14-4-2-1-3-5-14/h1-11,13,20,24-25H,12H2,(H,26,27). The summed E-state index contributed by atoms with van der Waals surface area (Å²) >= 11 is 1.49. The molecule has 1 atom stereocenters. The number of thiazole rings is 1. The molecule has 7 nitrogen and oxygen atoms in total. The van der Waals surface area contributed by atoms with Crippen molar-refractivity contribution in [3.8, 4) is 0 Å². The number of anilines is 2. The maximum absolute atomic E-state index is 12.6. The minimum Gasteiger partial charge on any atom is -0.370 e. The molecule has 0 saturated heterocycles. The van der Waals surface area contributed by atoms with Crippen molar-refractivity contribution in [1.29, 1.82) is 0 Å². The second kappa shape index (κ2) is 7.77. The van der Waals surface area contributed by atoms with Crippen LogP contribution in [0.5, 0.6) is 0 Å². The van der Waals surface area contributed by atoms with Crippen molar-refractivity contribution in [3.05, 3.63) is 83.4 Å². The Hall–Kier alpha value is -3.27. The maximum Gasteiger partial charge on any atom is 0.251 e. The molecule has 4 aromatic rings. The van der Waals surface area contributed by atoms with Gasteiger partial charge in [0.05, 0.1) is 20.6 Å². The Bertz CT molecular complexity index is 1370. The van der Waals surface area contributed by atoms with Gasteiger partial charge in [0, 0.05) is 23.5 Å². The topological polar surface area (TPSA) is 100 Å². The normalized spacial score (nSPS) is 15.6. The molecule has 0 bridgehead atoms. The van der Waals surface area contributed by atoms with E-state index in [-0.39, 0.29) is 17.3 Å². The third-order valence-electron chi connectivity index (χ3n) is 5.13. The number of aromatic nitrogens is 1. The number of fused-ring (bicyclic) bond motifs is 3. The number of amides is 1. The fourth-order valence-corrected chi connectivity index (χ4v) is 5.46. The summed E-state index contributed by atoms with van der Waals surface area (Å²) in [5, 5.41) is 6.11. The van der Waals surface area contributed by atoms with Crippen LogP contribution < -0.4 is 15.4 Å². The molecule has 2 heterocycles. The molecule has 31 heavy (non-hydrogen) atoms. The van der Waals surface area contributed by atoms with E-state index in [1.807, 2.05) is 42.5 Å². The minimum absolute atomic E-state index is 0.155. The third kappa shape index (κ3) is 3.78. The van der Waals surface area contributed by atoms with E-state index < -0.39 is 16.1 Å². The first-order valence-electron chi connectivity index (χ1n) is 9.58. The first-order chi connectivity index (χ1) is 15.0. The highest BCUT2D eigenvalue weighted by Crippen LogP contribution is 2.40. The second-order valence-corrected chi connectivity index (χ2v) is 9.75. The van der Waals surface area contributed by atoms with E-state index in [1.54, 1.807) is 17.6 Å². The van der Waals surface area contributed by atoms with Gasteiger partial charge in [-0.2, -0.15) is 0 Å². The third-order valence-corrected chi connectivity index (χ3v) is 7.42. The van der Waals surface area contributed by atoms with Crippen molar-refractivity contribution >= 4 is 48.9 Å². The molecule has 9 heteroatoms. The Morgan fingerprint density at radius 1 is 1.00 bits per heavy atom. The molecule has 1 amide bonds. The molecule has 0 fully saturated rings. The molecule has 0 aliphatic carbocycles. The molecular weight excluding hydrogens is 432 g/mol. The van der Waals surface area contributed by atoms with Gasteiger partial charge in [0.25, 0.3) is 5.91 Å². The zero-order valence-corrected chi connectivity index (χ0v) is 17.8.